The predicted octanol–water partition coefficient (Wildman–Crippen LogP) is 0.735. The number of aliphatic imine (C=N–C) groups is 2. The lowest BCUT2D eigenvalue weighted by atomic mass is 9.82. The molecule has 3 unspecified atom stereocenters. The number of rotatable bonds is 4. The minimum Gasteiger partial charge on any atom is -0.456 e. The second-order valence-electron chi connectivity index (χ2n) is 8.34. The Morgan fingerprint density at radius 3 is 2.39 bits per heavy atom. The fourth-order valence-electron chi connectivity index (χ4n) is 5.26. The van der Waals surface area contributed by atoms with Crippen molar-refractivity contribution in [3.05, 3.63) is 35.4 Å². The predicted molar refractivity (Wildman–Crippen MR) is 110 cm³/mol. The van der Waals surface area contributed by atoms with E-state index in [9.17, 15) is 28.3 Å². The van der Waals surface area contributed by atoms with E-state index in [1.54, 1.807) is 11.8 Å². The van der Waals surface area contributed by atoms with E-state index in [2.05, 4.69) is 9.98 Å². The van der Waals surface area contributed by atoms with Gasteiger partial charge in [-0.15, -0.1) is 0 Å². The third kappa shape index (κ3) is 3.21. The molecular weight excluding hydrogens is 445 g/mol. The van der Waals surface area contributed by atoms with E-state index in [1.165, 1.54) is 0 Å². The van der Waals surface area contributed by atoms with Gasteiger partial charge in [0.2, 0.25) is 5.96 Å². The maximum Gasteiger partial charge on any atom is 0.416 e. The molecule has 0 amide bonds. The van der Waals surface area contributed by atoms with Crippen molar-refractivity contribution in [3.8, 4) is 0 Å². The summed E-state index contributed by atoms with van der Waals surface area (Å²) in [5, 5.41) is 21.6. The van der Waals surface area contributed by atoms with Crippen molar-refractivity contribution in [1.29, 1.82) is 0 Å². The van der Waals surface area contributed by atoms with Crippen molar-refractivity contribution in [2.24, 2.45) is 27.4 Å². The molecule has 13 heteroatoms. The van der Waals surface area contributed by atoms with Crippen LogP contribution in [0.2, 0.25) is 0 Å². The number of halogens is 3. The number of alkyl halides is 3. The number of hydroxylamine groups is 2. The zero-order valence-corrected chi connectivity index (χ0v) is 17.9. The molecule has 3 heterocycles. The van der Waals surface area contributed by atoms with Crippen LogP contribution in [0.25, 0.3) is 0 Å². The lowest BCUT2D eigenvalue weighted by molar-refractivity contribution is -0.173. The normalized spacial score (nSPS) is 33.4. The van der Waals surface area contributed by atoms with E-state index >= 15 is 0 Å². The summed E-state index contributed by atoms with van der Waals surface area (Å²) >= 11 is 0. The molecule has 4 rings (SSSR count). The van der Waals surface area contributed by atoms with Crippen LogP contribution in [0.5, 0.6) is 0 Å². The number of carbonyl (C=O) groups is 1. The largest absolute Gasteiger partial charge is 0.456 e. The van der Waals surface area contributed by atoms with Gasteiger partial charge in [-0.05, 0) is 30.7 Å². The molecule has 0 bridgehead atoms. The average molecular weight is 470 g/mol. The minimum absolute atomic E-state index is 0.0287. The lowest BCUT2D eigenvalue weighted by Crippen LogP contribution is -2.72. The summed E-state index contributed by atoms with van der Waals surface area (Å²) in [6.07, 6.45) is -4.94. The van der Waals surface area contributed by atoms with E-state index in [4.69, 9.17) is 16.2 Å². The first kappa shape index (κ1) is 23.1. The molecule has 180 valence electrons. The van der Waals surface area contributed by atoms with Gasteiger partial charge in [0.25, 0.3) is 0 Å². The molecule has 1 aromatic rings. The number of guanidine groups is 2. The second-order valence-corrected chi connectivity index (χ2v) is 8.34. The molecule has 33 heavy (non-hydrogen) atoms. The summed E-state index contributed by atoms with van der Waals surface area (Å²) in [6, 6.07) is 1.60. The molecule has 10 nitrogen and oxygen atoms in total. The van der Waals surface area contributed by atoms with Gasteiger partial charge in [0.15, 0.2) is 11.6 Å². The monoisotopic (exact) mass is 470 g/mol. The van der Waals surface area contributed by atoms with Crippen molar-refractivity contribution >= 4 is 17.9 Å². The lowest BCUT2D eigenvalue weighted by Gasteiger charge is -2.50. The Bertz CT molecular complexity index is 1000. The molecule has 1 spiro atoms. The Morgan fingerprint density at radius 1 is 1.21 bits per heavy atom. The number of hydrogen-bond donors (Lipinski definition) is 4. The van der Waals surface area contributed by atoms with Gasteiger partial charge >= 0.3 is 12.1 Å². The van der Waals surface area contributed by atoms with Crippen molar-refractivity contribution < 1.29 is 33.0 Å². The van der Waals surface area contributed by atoms with Crippen LogP contribution in [0.4, 0.5) is 13.2 Å². The van der Waals surface area contributed by atoms with E-state index in [0.29, 0.717) is 6.42 Å². The van der Waals surface area contributed by atoms with Gasteiger partial charge in [-0.25, -0.2) is 14.8 Å². The maximum absolute atomic E-state index is 12.9. The summed E-state index contributed by atoms with van der Waals surface area (Å²) < 4.78 is 44.3. The van der Waals surface area contributed by atoms with Crippen LogP contribution in [0.15, 0.2) is 34.3 Å². The molecule has 6 N–H and O–H groups in total. The Hall–Kier alpha value is -3.06. The van der Waals surface area contributed by atoms with Crippen LogP contribution in [0, 0.1) is 5.92 Å². The van der Waals surface area contributed by atoms with Crippen molar-refractivity contribution in [2.75, 3.05) is 6.61 Å². The Kier molecular flexibility index (Phi) is 5.44. The highest BCUT2D eigenvalue weighted by atomic mass is 19.4. The summed E-state index contributed by atoms with van der Waals surface area (Å²) in [5.41, 5.74) is 9.85. The topological polar surface area (TPSA) is 150 Å². The first-order valence-electron chi connectivity index (χ1n) is 10.4. The average Bonchev–Trinajstić information content (AvgIpc) is 3.19. The number of ether oxygens (including phenoxy) is 1. The molecule has 0 saturated carbocycles. The van der Waals surface area contributed by atoms with E-state index in [1.807, 2.05) is 6.92 Å². The summed E-state index contributed by atoms with van der Waals surface area (Å²) in [4.78, 5) is 23.1. The number of hydrogen-bond acceptors (Lipinski definition) is 10. The zero-order chi connectivity index (χ0) is 24.3. The van der Waals surface area contributed by atoms with Crippen LogP contribution in [-0.4, -0.2) is 74.7 Å². The fourth-order valence-corrected chi connectivity index (χ4v) is 5.26. The summed E-state index contributed by atoms with van der Waals surface area (Å²) in [7, 11) is 0. The highest BCUT2D eigenvalue weighted by Crippen LogP contribution is 2.51. The molecule has 1 saturated heterocycles. The molecular formula is C20H25F3N6O4. The molecule has 0 aliphatic carbocycles. The van der Waals surface area contributed by atoms with Gasteiger partial charge in [0.1, 0.15) is 18.2 Å². The quantitative estimate of drug-likeness (QED) is 0.471. The van der Waals surface area contributed by atoms with Gasteiger partial charge in [-0.1, -0.05) is 13.8 Å². The smallest absolute Gasteiger partial charge is 0.416 e. The highest BCUT2D eigenvalue weighted by Gasteiger charge is 2.71. The fraction of sp³-hybridized carbons (Fsp3) is 0.550. The summed E-state index contributed by atoms with van der Waals surface area (Å²) in [6.45, 7) is 3.16. The SMILES string of the molecule is CC[C@H]1[C@H](OC(=O)c2ccc(C(F)(F)F)cc2)C(C)C23C(N=C(N)N2O)[C@H](CO)N=C(N)N13. The molecule has 0 aromatic heterocycles. The second kappa shape index (κ2) is 7.76. The molecule has 1 fully saturated rings. The first-order valence-corrected chi connectivity index (χ1v) is 10.4. The van der Waals surface area contributed by atoms with Crippen LogP contribution in [0.3, 0.4) is 0 Å². The Balaban J connectivity index is 1.69. The standard InChI is InChI=1S/C20H25F3N6O4/c1-3-13-14(33-16(31)10-4-6-11(7-5-10)20(21,22)23)9(2)19-15(27-18(25)29(19)32)12(8-30)26-17(24)28(13)19/h4-7,9,12-15,30,32H,3,8H2,1-2H3,(H2,24,26)(H2,25,27)/t9?,12-,13-,14+,15?,19?/m0/s1. The van der Waals surface area contributed by atoms with Crippen molar-refractivity contribution in [1.82, 2.24) is 9.96 Å². The molecule has 3 aliphatic rings. The molecule has 0 radical (unpaired) electrons. The van der Waals surface area contributed by atoms with Crippen LogP contribution < -0.4 is 11.5 Å². The molecule has 1 aromatic carbocycles. The van der Waals surface area contributed by atoms with Gasteiger partial charge in [0, 0.05) is 5.92 Å². The number of carbonyl (C=O) groups excluding carboxylic acids is 1. The Labute approximate surface area is 187 Å². The van der Waals surface area contributed by atoms with Gasteiger partial charge in [-0.2, -0.15) is 18.2 Å². The van der Waals surface area contributed by atoms with Gasteiger partial charge < -0.3 is 26.2 Å². The third-order valence-electron chi connectivity index (χ3n) is 6.73. The molecule has 3 aliphatic heterocycles. The number of benzene rings is 1. The molecule has 6 atom stereocenters. The van der Waals surface area contributed by atoms with E-state index in [0.717, 1.165) is 29.3 Å². The summed E-state index contributed by atoms with van der Waals surface area (Å²) in [5.74, 6) is -1.60. The van der Waals surface area contributed by atoms with Crippen molar-refractivity contribution in [3.63, 3.8) is 0 Å². The zero-order valence-electron chi connectivity index (χ0n) is 17.9. The highest BCUT2D eigenvalue weighted by molar-refractivity contribution is 5.90. The van der Waals surface area contributed by atoms with Crippen LogP contribution in [0.1, 0.15) is 36.2 Å². The third-order valence-corrected chi connectivity index (χ3v) is 6.73. The van der Waals surface area contributed by atoms with E-state index in [-0.39, 0.29) is 17.5 Å². The maximum atomic E-state index is 12.9. The Morgan fingerprint density at radius 2 is 1.85 bits per heavy atom. The van der Waals surface area contributed by atoms with Crippen LogP contribution >= 0.6 is 0 Å². The van der Waals surface area contributed by atoms with Gasteiger partial charge in [0.05, 0.1) is 23.8 Å². The van der Waals surface area contributed by atoms with Crippen LogP contribution in [-0.2, 0) is 10.9 Å². The minimum atomic E-state index is -4.53. The number of esters is 1. The number of nitrogens with two attached hydrogens (primary N) is 2. The van der Waals surface area contributed by atoms with Crippen molar-refractivity contribution in [2.45, 2.75) is 56.3 Å². The number of aliphatic hydroxyl groups excluding tert-OH is 1. The van der Waals surface area contributed by atoms with E-state index < -0.39 is 60.1 Å². The van der Waals surface area contributed by atoms with Gasteiger partial charge in [-0.3, -0.25) is 5.21 Å². The number of nitrogens with zero attached hydrogens (tertiary/aromatic N) is 4. The first-order chi connectivity index (χ1) is 15.5. The number of aliphatic hydroxyl groups is 1.